The van der Waals surface area contributed by atoms with Crippen LogP contribution in [0.5, 0.6) is 0 Å². The molecule has 0 saturated carbocycles. The van der Waals surface area contributed by atoms with Gasteiger partial charge in [0, 0.05) is 31.5 Å². The molecule has 5 nitrogen and oxygen atoms in total. The maximum Gasteiger partial charge on any atom is 0.214 e. The molecule has 0 fully saturated rings. The Morgan fingerprint density at radius 3 is 3.00 bits per heavy atom. The van der Waals surface area contributed by atoms with Crippen LogP contribution in [0.4, 0.5) is 5.13 Å². The molecule has 0 N–H and O–H groups in total. The van der Waals surface area contributed by atoms with Gasteiger partial charge in [-0.25, -0.2) is 9.50 Å². The first kappa shape index (κ1) is 13.1. The Labute approximate surface area is 121 Å². The first-order valence-electron chi connectivity index (χ1n) is 6.75. The third-order valence-corrected chi connectivity index (χ3v) is 4.20. The summed E-state index contributed by atoms with van der Waals surface area (Å²) in [4.78, 5) is 11.8. The molecule has 3 heterocycles. The van der Waals surface area contributed by atoms with Crippen molar-refractivity contribution >= 4 is 21.4 Å². The van der Waals surface area contributed by atoms with E-state index in [0.717, 1.165) is 27.9 Å². The highest BCUT2D eigenvalue weighted by molar-refractivity contribution is 7.20. The van der Waals surface area contributed by atoms with Gasteiger partial charge in [0.1, 0.15) is 0 Å². The SMILES string of the molecule is CCCCN(C)c1nn2cc(-c3cccnc3)nc2s1. The number of imidazole rings is 1. The average Bonchev–Trinajstić information content (AvgIpc) is 3.04. The number of rotatable bonds is 5. The number of anilines is 1. The van der Waals surface area contributed by atoms with Crippen LogP contribution in [0.15, 0.2) is 30.7 Å². The van der Waals surface area contributed by atoms with Gasteiger partial charge in [-0.3, -0.25) is 4.98 Å². The Balaban J connectivity index is 1.86. The van der Waals surface area contributed by atoms with E-state index >= 15 is 0 Å². The summed E-state index contributed by atoms with van der Waals surface area (Å²) in [5, 5.41) is 5.60. The molecule has 0 radical (unpaired) electrons. The topological polar surface area (TPSA) is 46.3 Å². The second-order valence-electron chi connectivity index (χ2n) is 4.75. The first-order valence-corrected chi connectivity index (χ1v) is 7.57. The fourth-order valence-corrected chi connectivity index (χ4v) is 2.86. The Morgan fingerprint density at radius 2 is 2.30 bits per heavy atom. The van der Waals surface area contributed by atoms with E-state index in [9.17, 15) is 0 Å². The minimum absolute atomic E-state index is 0.916. The Morgan fingerprint density at radius 1 is 1.40 bits per heavy atom. The number of unbranched alkanes of at least 4 members (excludes halogenated alkanes) is 1. The largest absolute Gasteiger partial charge is 0.350 e. The summed E-state index contributed by atoms with van der Waals surface area (Å²) in [5.41, 5.74) is 1.94. The van der Waals surface area contributed by atoms with Gasteiger partial charge in [0.15, 0.2) is 0 Å². The fourth-order valence-electron chi connectivity index (χ4n) is 1.99. The summed E-state index contributed by atoms with van der Waals surface area (Å²) in [6.45, 7) is 3.23. The summed E-state index contributed by atoms with van der Waals surface area (Å²) in [5.74, 6) is 0. The molecule has 20 heavy (non-hydrogen) atoms. The van der Waals surface area contributed by atoms with Gasteiger partial charge in [-0.1, -0.05) is 24.7 Å². The second kappa shape index (κ2) is 5.58. The lowest BCUT2D eigenvalue weighted by molar-refractivity contribution is 0.757. The number of pyridine rings is 1. The van der Waals surface area contributed by atoms with Crippen LogP contribution in [0.1, 0.15) is 19.8 Å². The summed E-state index contributed by atoms with van der Waals surface area (Å²) in [6, 6.07) is 3.92. The molecule has 104 valence electrons. The number of fused-ring (bicyclic) bond motifs is 1. The van der Waals surface area contributed by atoms with Gasteiger partial charge in [0.2, 0.25) is 10.1 Å². The van der Waals surface area contributed by atoms with Crippen LogP contribution in [0.3, 0.4) is 0 Å². The lowest BCUT2D eigenvalue weighted by Crippen LogP contribution is -2.18. The number of nitrogens with zero attached hydrogens (tertiary/aromatic N) is 5. The molecule has 0 bridgehead atoms. The van der Waals surface area contributed by atoms with E-state index in [-0.39, 0.29) is 0 Å². The highest BCUT2D eigenvalue weighted by Gasteiger charge is 2.12. The molecule has 0 unspecified atom stereocenters. The molecule has 0 atom stereocenters. The van der Waals surface area contributed by atoms with Crippen LogP contribution in [0.25, 0.3) is 16.2 Å². The summed E-state index contributed by atoms with van der Waals surface area (Å²) in [6.07, 6.45) is 7.92. The summed E-state index contributed by atoms with van der Waals surface area (Å²) in [7, 11) is 2.08. The van der Waals surface area contributed by atoms with E-state index in [1.54, 1.807) is 17.5 Å². The first-order chi connectivity index (χ1) is 9.78. The van der Waals surface area contributed by atoms with E-state index in [1.165, 1.54) is 12.8 Å². The van der Waals surface area contributed by atoms with Crippen molar-refractivity contribution in [3.8, 4) is 11.3 Å². The van der Waals surface area contributed by atoms with Crippen molar-refractivity contribution in [2.45, 2.75) is 19.8 Å². The number of hydrogen-bond donors (Lipinski definition) is 0. The van der Waals surface area contributed by atoms with Crippen molar-refractivity contribution in [1.29, 1.82) is 0 Å². The van der Waals surface area contributed by atoms with E-state index in [2.05, 4.69) is 33.9 Å². The van der Waals surface area contributed by atoms with Crippen molar-refractivity contribution in [3.05, 3.63) is 30.7 Å². The molecule has 0 spiro atoms. The summed E-state index contributed by atoms with van der Waals surface area (Å²) < 4.78 is 1.85. The smallest absolute Gasteiger partial charge is 0.214 e. The van der Waals surface area contributed by atoms with Crippen LogP contribution >= 0.6 is 11.3 Å². The molecular formula is C14H17N5S. The highest BCUT2D eigenvalue weighted by Crippen LogP contribution is 2.25. The zero-order valence-corrected chi connectivity index (χ0v) is 12.5. The molecule has 3 rings (SSSR count). The van der Waals surface area contributed by atoms with E-state index in [4.69, 9.17) is 0 Å². The minimum Gasteiger partial charge on any atom is -0.350 e. The number of aromatic nitrogens is 4. The Hall–Kier alpha value is -1.95. The molecule has 0 saturated heterocycles. The molecular weight excluding hydrogens is 270 g/mol. The van der Waals surface area contributed by atoms with Crippen LogP contribution in [-0.2, 0) is 0 Å². The van der Waals surface area contributed by atoms with Gasteiger partial charge >= 0.3 is 0 Å². The lowest BCUT2D eigenvalue weighted by atomic mass is 10.2. The molecule has 0 aliphatic carbocycles. The van der Waals surface area contributed by atoms with Gasteiger partial charge in [-0.2, -0.15) is 0 Å². The Bertz CT molecular complexity index is 656. The van der Waals surface area contributed by atoms with Crippen molar-refractivity contribution in [3.63, 3.8) is 0 Å². The quantitative estimate of drug-likeness (QED) is 0.723. The van der Waals surface area contributed by atoms with Crippen molar-refractivity contribution in [2.75, 3.05) is 18.5 Å². The third-order valence-electron chi connectivity index (χ3n) is 3.16. The predicted molar refractivity (Wildman–Crippen MR) is 82.3 cm³/mol. The molecule has 3 aromatic heterocycles. The summed E-state index contributed by atoms with van der Waals surface area (Å²) >= 11 is 1.62. The predicted octanol–water partition coefficient (Wildman–Crippen LogP) is 3.09. The van der Waals surface area contributed by atoms with Crippen LogP contribution in [0, 0.1) is 0 Å². The van der Waals surface area contributed by atoms with Gasteiger partial charge in [0.05, 0.1) is 11.9 Å². The van der Waals surface area contributed by atoms with Crippen molar-refractivity contribution in [1.82, 2.24) is 19.6 Å². The normalized spacial score (nSPS) is 11.1. The maximum atomic E-state index is 4.62. The van der Waals surface area contributed by atoms with E-state index < -0.39 is 0 Å². The molecule has 0 amide bonds. The van der Waals surface area contributed by atoms with Crippen LogP contribution in [-0.4, -0.2) is 33.2 Å². The number of hydrogen-bond acceptors (Lipinski definition) is 5. The zero-order chi connectivity index (χ0) is 13.9. The molecule has 0 aliphatic heterocycles. The second-order valence-corrected chi connectivity index (χ2v) is 5.69. The van der Waals surface area contributed by atoms with Gasteiger partial charge < -0.3 is 4.90 Å². The lowest BCUT2D eigenvalue weighted by Gasteiger charge is -2.13. The monoisotopic (exact) mass is 287 g/mol. The van der Waals surface area contributed by atoms with Crippen molar-refractivity contribution < 1.29 is 0 Å². The van der Waals surface area contributed by atoms with Crippen LogP contribution < -0.4 is 4.90 Å². The standard InChI is InChI=1S/C14H17N5S/c1-3-4-8-18(2)14-17-19-10-12(16-13(19)20-14)11-6-5-7-15-9-11/h5-7,9-10H,3-4,8H2,1-2H3. The maximum absolute atomic E-state index is 4.62. The minimum atomic E-state index is 0.916. The third kappa shape index (κ3) is 2.51. The zero-order valence-electron chi connectivity index (χ0n) is 11.7. The molecule has 0 aromatic carbocycles. The average molecular weight is 287 g/mol. The fraction of sp³-hybridized carbons (Fsp3) is 0.357. The van der Waals surface area contributed by atoms with Crippen molar-refractivity contribution in [2.24, 2.45) is 0 Å². The molecule has 3 aromatic rings. The molecule has 0 aliphatic rings. The Kier molecular flexibility index (Phi) is 3.64. The van der Waals surface area contributed by atoms with Gasteiger partial charge in [0.25, 0.3) is 0 Å². The van der Waals surface area contributed by atoms with Gasteiger partial charge in [-0.15, -0.1) is 5.10 Å². The van der Waals surface area contributed by atoms with Gasteiger partial charge in [-0.05, 0) is 18.6 Å². The highest BCUT2D eigenvalue weighted by atomic mass is 32.1. The van der Waals surface area contributed by atoms with Crippen LogP contribution in [0.2, 0.25) is 0 Å². The molecule has 6 heteroatoms. The van der Waals surface area contributed by atoms with E-state index in [1.807, 2.05) is 29.0 Å². The van der Waals surface area contributed by atoms with E-state index in [0.29, 0.717) is 0 Å².